The number of halogens is 2. The molecular formula is C25H18Cl2N2O4S2. The lowest BCUT2D eigenvalue weighted by Gasteiger charge is -2.16. The molecule has 0 bridgehead atoms. The van der Waals surface area contributed by atoms with Gasteiger partial charge in [-0.2, -0.15) is 0 Å². The average molecular weight is 545 g/mol. The van der Waals surface area contributed by atoms with Crippen molar-refractivity contribution in [1.82, 2.24) is 0 Å². The number of carbonyl (C=O) groups excluding carboxylic acids is 2. The van der Waals surface area contributed by atoms with Crippen LogP contribution in [0.1, 0.15) is 5.56 Å². The van der Waals surface area contributed by atoms with Crippen LogP contribution in [0.3, 0.4) is 0 Å². The summed E-state index contributed by atoms with van der Waals surface area (Å²) in [4.78, 5) is 27.1. The number of amides is 2. The van der Waals surface area contributed by atoms with E-state index < -0.39 is 0 Å². The second-order valence-electron chi connectivity index (χ2n) is 7.23. The maximum absolute atomic E-state index is 13.1. The summed E-state index contributed by atoms with van der Waals surface area (Å²) in [6.45, 7) is -0.189. The molecule has 1 saturated heterocycles. The van der Waals surface area contributed by atoms with Crippen LogP contribution < -0.4 is 19.7 Å². The fourth-order valence-corrected chi connectivity index (χ4v) is 5.02. The number of benzene rings is 3. The second-order valence-corrected chi connectivity index (χ2v) is 9.75. The number of nitrogens with one attached hydrogen (secondary N) is 1. The van der Waals surface area contributed by atoms with Gasteiger partial charge in [-0.15, -0.1) is 0 Å². The molecule has 1 aliphatic rings. The third kappa shape index (κ3) is 5.97. The molecule has 4 rings (SSSR count). The molecule has 6 nitrogen and oxygen atoms in total. The number of carbonyl (C=O) groups is 2. The van der Waals surface area contributed by atoms with Crippen molar-refractivity contribution >= 4 is 80.8 Å². The Morgan fingerprint density at radius 3 is 2.57 bits per heavy atom. The zero-order valence-electron chi connectivity index (χ0n) is 18.3. The van der Waals surface area contributed by atoms with Crippen molar-refractivity contribution in [3.63, 3.8) is 0 Å². The molecule has 3 aromatic carbocycles. The van der Waals surface area contributed by atoms with E-state index in [0.29, 0.717) is 47.7 Å². The summed E-state index contributed by atoms with van der Waals surface area (Å²) in [7, 11) is 1.50. The molecule has 35 heavy (non-hydrogen) atoms. The van der Waals surface area contributed by atoms with Gasteiger partial charge in [0, 0.05) is 10.7 Å². The van der Waals surface area contributed by atoms with Crippen LogP contribution in [-0.4, -0.2) is 29.9 Å². The van der Waals surface area contributed by atoms with Crippen molar-refractivity contribution in [2.45, 2.75) is 0 Å². The normalized spacial score (nSPS) is 14.4. The van der Waals surface area contributed by atoms with Gasteiger partial charge in [0.2, 0.25) is 0 Å². The monoisotopic (exact) mass is 544 g/mol. The number of anilines is 2. The molecule has 2 amide bonds. The Morgan fingerprint density at radius 1 is 1.09 bits per heavy atom. The van der Waals surface area contributed by atoms with Gasteiger partial charge in [0.1, 0.15) is 0 Å². The van der Waals surface area contributed by atoms with Crippen LogP contribution in [0, 0.1) is 0 Å². The summed E-state index contributed by atoms with van der Waals surface area (Å²) in [6.07, 6.45) is 1.71. The van der Waals surface area contributed by atoms with E-state index in [0.717, 1.165) is 0 Å². The lowest BCUT2D eigenvalue weighted by molar-refractivity contribution is -0.118. The molecule has 1 fully saturated rings. The molecular weight excluding hydrogens is 527 g/mol. The van der Waals surface area contributed by atoms with Gasteiger partial charge in [0.25, 0.3) is 11.8 Å². The minimum Gasteiger partial charge on any atom is -0.493 e. The topological polar surface area (TPSA) is 67.9 Å². The van der Waals surface area contributed by atoms with E-state index in [9.17, 15) is 9.59 Å². The van der Waals surface area contributed by atoms with Gasteiger partial charge < -0.3 is 14.8 Å². The minimum atomic E-state index is -0.299. The zero-order chi connectivity index (χ0) is 24.9. The molecule has 0 aromatic heterocycles. The number of thiocarbonyl (C=S) groups is 1. The summed E-state index contributed by atoms with van der Waals surface area (Å²) < 4.78 is 11.4. The largest absolute Gasteiger partial charge is 0.493 e. The first-order valence-corrected chi connectivity index (χ1v) is 12.2. The van der Waals surface area contributed by atoms with E-state index in [2.05, 4.69) is 5.32 Å². The first kappa shape index (κ1) is 25.1. The van der Waals surface area contributed by atoms with Crippen LogP contribution in [-0.2, 0) is 9.59 Å². The maximum atomic E-state index is 13.1. The van der Waals surface area contributed by atoms with Crippen LogP contribution >= 0.6 is 47.2 Å². The number of hydrogen-bond donors (Lipinski definition) is 1. The number of rotatable bonds is 7. The van der Waals surface area contributed by atoms with Gasteiger partial charge in [0.05, 0.1) is 22.7 Å². The number of thioether (sulfide) groups is 1. The van der Waals surface area contributed by atoms with Crippen molar-refractivity contribution in [1.29, 1.82) is 0 Å². The molecule has 1 heterocycles. The van der Waals surface area contributed by atoms with Crippen LogP contribution in [0.25, 0.3) is 6.08 Å². The van der Waals surface area contributed by atoms with E-state index in [-0.39, 0.29) is 18.4 Å². The number of hydrogen-bond acceptors (Lipinski definition) is 6. The molecule has 1 aliphatic heterocycles. The predicted molar refractivity (Wildman–Crippen MR) is 146 cm³/mol. The van der Waals surface area contributed by atoms with Gasteiger partial charge in [-0.3, -0.25) is 14.5 Å². The molecule has 0 spiro atoms. The highest BCUT2D eigenvalue weighted by Gasteiger charge is 2.34. The molecule has 10 heteroatoms. The summed E-state index contributed by atoms with van der Waals surface area (Å²) in [5.74, 6) is 0.226. The van der Waals surface area contributed by atoms with E-state index in [4.69, 9.17) is 44.9 Å². The molecule has 0 radical (unpaired) electrons. The Bertz CT molecular complexity index is 1330. The van der Waals surface area contributed by atoms with Crippen molar-refractivity contribution < 1.29 is 19.1 Å². The predicted octanol–water partition coefficient (Wildman–Crippen LogP) is 6.43. The fourth-order valence-electron chi connectivity index (χ4n) is 3.24. The van der Waals surface area contributed by atoms with Gasteiger partial charge in [-0.05, 0) is 54.1 Å². The van der Waals surface area contributed by atoms with Crippen molar-refractivity contribution in [3.8, 4) is 11.5 Å². The highest BCUT2D eigenvalue weighted by molar-refractivity contribution is 8.27. The Morgan fingerprint density at radius 2 is 1.86 bits per heavy atom. The fraction of sp³-hybridized carbons (Fsp3) is 0.0800. The van der Waals surface area contributed by atoms with Crippen molar-refractivity contribution in [2.24, 2.45) is 0 Å². The minimum absolute atomic E-state index is 0.189. The Balaban J connectivity index is 1.47. The molecule has 0 aliphatic carbocycles. The third-order valence-corrected chi connectivity index (χ3v) is 6.69. The lowest BCUT2D eigenvalue weighted by atomic mass is 10.2. The molecule has 3 aromatic rings. The van der Waals surface area contributed by atoms with Crippen LogP contribution in [0.4, 0.5) is 11.4 Å². The van der Waals surface area contributed by atoms with E-state index in [1.165, 1.54) is 23.8 Å². The molecule has 0 saturated carbocycles. The highest BCUT2D eigenvalue weighted by Crippen LogP contribution is 2.40. The van der Waals surface area contributed by atoms with E-state index in [1.807, 2.05) is 18.2 Å². The van der Waals surface area contributed by atoms with Gasteiger partial charge in [-0.25, -0.2) is 0 Å². The van der Waals surface area contributed by atoms with Crippen molar-refractivity contribution in [3.05, 3.63) is 87.2 Å². The summed E-state index contributed by atoms with van der Waals surface area (Å²) >= 11 is 18.8. The first-order chi connectivity index (χ1) is 16.9. The van der Waals surface area contributed by atoms with Crippen LogP contribution in [0.2, 0.25) is 10.0 Å². The summed E-state index contributed by atoms with van der Waals surface area (Å²) in [6, 6.07) is 19.1. The number of nitrogens with zero attached hydrogens (tertiary/aromatic N) is 1. The van der Waals surface area contributed by atoms with Crippen LogP contribution in [0.15, 0.2) is 71.6 Å². The number of methoxy groups -OCH3 is 1. The van der Waals surface area contributed by atoms with E-state index in [1.54, 1.807) is 54.6 Å². The second kappa shape index (κ2) is 11.1. The molecule has 178 valence electrons. The Kier molecular flexibility index (Phi) is 7.97. The zero-order valence-corrected chi connectivity index (χ0v) is 21.4. The Hall–Kier alpha value is -3.04. The molecule has 0 unspecified atom stereocenters. The molecule has 1 N–H and O–H groups in total. The maximum Gasteiger partial charge on any atom is 0.270 e. The SMILES string of the molecule is COc1cc(/C=C2/SC(=S)N(c3ccc(Cl)cc3Cl)C2=O)ccc1OCC(=O)Nc1ccccc1. The standard InChI is InChI=1S/C25H18Cl2N2O4S2/c1-32-21-11-15(7-10-20(21)33-14-23(30)28-17-5-3-2-4-6-17)12-22-24(31)29(25(34)35-22)19-9-8-16(26)13-18(19)27/h2-13H,14H2,1H3,(H,28,30)/b22-12+. The van der Waals surface area contributed by atoms with Crippen LogP contribution in [0.5, 0.6) is 11.5 Å². The summed E-state index contributed by atoms with van der Waals surface area (Å²) in [5, 5.41) is 3.55. The highest BCUT2D eigenvalue weighted by atomic mass is 35.5. The lowest BCUT2D eigenvalue weighted by Crippen LogP contribution is -2.27. The first-order valence-electron chi connectivity index (χ1n) is 10.2. The third-order valence-electron chi connectivity index (χ3n) is 4.85. The average Bonchev–Trinajstić information content (AvgIpc) is 3.11. The summed E-state index contributed by atoms with van der Waals surface area (Å²) in [5.41, 5.74) is 1.85. The smallest absolute Gasteiger partial charge is 0.270 e. The number of para-hydroxylation sites is 1. The Labute approximate surface area is 221 Å². The van der Waals surface area contributed by atoms with Crippen molar-refractivity contribution in [2.75, 3.05) is 23.9 Å². The van der Waals surface area contributed by atoms with Gasteiger partial charge in [-0.1, -0.05) is 71.4 Å². The van der Waals surface area contributed by atoms with E-state index >= 15 is 0 Å². The quantitative estimate of drug-likeness (QED) is 0.273. The number of ether oxygens (including phenoxy) is 2. The van der Waals surface area contributed by atoms with Gasteiger partial charge >= 0.3 is 0 Å². The molecule has 0 atom stereocenters. The van der Waals surface area contributed by atoms with Gasteiger partial charge in [0.15, 0.2) is 22.4 Å².